The molecule has 0 saturated carbocycles. The molecule has 0 nitrogen and oxygen atoms in total. The van der Waals surface area contributed by atoms with Crippen LogP contribution in [0.4, 0.5) is 0 Å². The highest BCUT2D eigenvalue weighted by atomic mass is 79.9. The third-order valence-electron chi connectivity index (χ3n) is 3.26. The number of benzene rings is 3. The molecule has 2 heteroatoms. The molecule has 0 radical (unpaired) electrons. The molecule has 0 aliphatic carbocycles. The Hall–Kier alpha value is -1.51. The second-order valence-electron chi connectivity index (χ2n) is 4.89. The van der Waals surface area contributed by atoms with E-state index in [-0.39, 0.29) is 0 Å². The van der Waals surface area contributed by atoms with Crippen LogP contribution in [-0.2, 0) is 0 Å². The Bertz CT molecular complexity index is 783. The summed E-state index contributed by atoms with van der Waals surface area (Å²) < 4.78 is 1.11. The van der Waals surface area contributed by atoms with Crippen LogP contribution >= 0.6 is 27.7 Å². The summed E-state index contributed by atoms with van der Waals surface area (Å²) in [6, 6.07) is 23.4. The molecule has 0 atom stereocenters. The summed E-state index contributed by atoms with van der Waals surface area (Å²) in [4.78, 5) is 2.59. The lowest BCUT2D eigenvalue weighted by molar-refractivity contribution is 1.53. The maximum absolute atomic E-state index is 3.47. The molecule has 0 aromatic heterocycles. The van der Waals surface area contributed by atoms with Crippen molar-refractivity contribution in [2.24, 2.45) is 0 Å². The molecular formula is C19H15BrS. The van der Waals surface area contributed by atoms with Gasteiger partial charge in [-0.05, 0) is 52.4 Å². The molecule has 0 fully saturated rings. The lowest BCUT2D eigenvalue weighted by Gasteiger charge is -2.06. The number of rotatable bonds is 3. The lowest BCUT2D eigenvalue weighted by Crippen LogP contribution is -1.78. The molecule has 104 valence electrons. The molecule has 0 saturated heterocycles. The predicted octanol–water partition coefficient (Wildman–Crippen LogP) is 6.76. The van der Waals surface area contributed by atoms with Crippen LogP contribution in [0.15, 0.2) is 81.0 Å². The van der Waals surface area contributed by atoms with Crippen LogP contribution in [0, 0.1) is 0 Å². The maximum Gasteiger partial charge on any atom is 0.0197 e. The molecule has 0 spiro atoms. The third-order valence-corrected chi connectivity index (χ3v) is 4.80. The van der Waals surface area contributed by atoms with Gasteiger partial charge in [-0.2, -0.15) is 0 Å². The van der Waals surface area contributed by atoms with Gasteiger partial charge in [0.05, 0.1) is 0 Å². The van der Waals surface area contributed by atoms with Crippen LogP contribution in [-0.4, -0.2) is 0 Å². The van der Waals surface area contributed by atoms with Gasteiger partial charge in [0.1, 0.15) is 0 Å². The van der Waals surface area contributed by atoms with Gasteiger partial charge in [-0.1, -0.05) is 76.2 Å². The largest absolute Gasteiger partial charge is 0.0942 e. The van der Waals surface area contributed by atoms with Crippen LogP contribution in [0.3, 0.4) is 0 Å². The molecule has 0 aliphatic rings. The molecule has 3 rings (SSSR count). The third kappa shape index (κ3) is 3.58. The van der Waals surface area contributed by atoms with Crippen molar-refractivity contribution in [2.75, 3.05) is 0 Å². The van der Waals surface area contributed by atoms with E-state index >= 15 is 0 Å². The van der Waals surface area contributed by atoms with Gasteiger partial charge in [0.2, 0.25) is 0 Å². The second kappa shape index (κ2) is 6.50. The first-order valence-corrected chi connectivity index (χ1v) is 8.43. The molecule has 0 unspecified atom stereocenters. The highest BCUT2D eigenvalue weighted by Gasteiger charge is 2.02. The van der Waals surface area contributed by atoms with E-state index in [0.717, 1.165) is 4.47 Å². The number of halogens is 1. The fourth-order valence-corrected chi connectivity index (χ4v) is 3.53. The van der Waals surface area contributed by atoms with Crippen molar-refractivity contribution in [1.29, 1.82) is 0 Å². The van der Waals surface area contributed by atoms with Gasteiger partial charge in [0.15, 0.2) is 0 Å². The minimum Gasteiger partial charge on any atom is -0.0942 e. The van der Waals surface area contributed by atoms with Crippen molar-refractivity contribution < 1.29 is 0 Å². The summed E-state index contributed by atoms with van der Waals surface area (Å²) in [5.41, 5.74) is 1.23. The smallest absolute Gasteiger partial charge is 0.0197 e. The Balaban J connectivity index is 1.89. The van der Waals surface area contributed by atoms with Crippen LogP contribution in [0.1, 0.15) is 12.5 Å². The fraction of sp³-hybridized carbons (Fsp3) is 0.0526. The van der Waals surface area contributed by atoms with Gasteiger partial charge in [-0.25, -0.2) is 0 Å². The van der Waals surface area contributed by atoms with E-state index in [1.165, 1.54) is 26.1 Å². The zero-order valence-electron chi connectivity index (χ0n) is 11.7. The van der Waals surface area contributed by atoms with Crippen LogP contribution in [0.2, 0.25) is 0 Å². The minimum atomic E-state index is 1.11. The SMILES string of the molecule is C/C(=C/c1ccc(Br)cc1)Sc1cccc2ccccc12. The molecule has 0 N–H and O–H groups in total. The van der Waals surface area contributed by atoms with Gasteiger partial charge in [0, 0.05) is 9.37 Å². The van der Waals surface area contributed by atoms with Gasteiger partial charge >= 0.3 is 0 Å². The quantitative estimate of drug-likeness (QED) is 0.468. The molecule has 0 heterocycles. The van der Waals surface area contributed by atoms with E-state index in [9.17, 15) is 0 Å². The predicted molar refractivity (Wildman–Crippen MR) is 97.6 cm³/mol. The highest BCUT2D eigenvalue weighted by Crippen LogP contribution is 2.33. The summed E-state index contributed by atoms with van der Waals surface area (Å²) >= 11 is 5.29. The standard InChI is InChI=1S/C19H15BrS/c1-14(13-15-9-11-17(20)12-10-15)21-19-8-4-6-16-5-2-3-7-18(16)19/h2-13H,1H3/b14-13-. The molecule has 3 aromatic carbocycles. The van der Waals surface area contributed by atoms with E-state index in [2.05, 4.69) is 95.7 Å². The van der Waals surface area contributed by atoms with Crippen molar-refractivity contribution in [3.05, 3.63) is 81.7 Å². The van der Waals surface area contributed by atoms with Crippen molar-refractivity contribution in [3.63, 3.8) is 0 Å². The Morgan fingerprint density at radius 2 is 1.62 bits per heavy atom. The Labute approximate surface area is 138 Å². The van der Waals surface area contributed by atoms with Crippen LogP contribution in [0.25, 0.3) is 16.8 Å². The van der Waals surface area contributed by atoms with Crippen LogP contribution < -0.4 is 0 Å². The number of thioether (sulfide) groups is 1. The number of allylic oxidation sites excluding steroid dienone is 1. The molecule has 0 bridgehead atoms. The summed E-state index contributed by atoms with van der Waals surface area (Å²) in [7, 11) is 0. The highest BCUT2D eigenvalue weighted by molar-refractivity contribution is 9.10. The number of hydrogen-bond donors (Lipinski definition) is 0. The van der Waals surface area contributed by atoms with E-state index in [4.69, 9.17) is 0 Å². The topological polar surface area (TPSA) is 0 Å². The summed E-state index contributed by atoms with van der Waals surface area (Å²) in [5.74, 6) is 0. The van der Waals surface area contributed by atoms with Crippen molar-refractivity contribution in [2.45, 2.75) is 11.8 Å². The second-order valence-corrected chi connectivity index (χ2v) is 7.09. The van der Waals surface area contributed by atoms with E-state index < -0.39 is 0 Å². The van der Waals surface area contributed by atoms with Gasteiger partial charge in [0.25, 0.3) is 0 Å². The molecular weight excluding hydrogens is 340 g/mol. The average molecular weight is 355 g/mol. The van der Waals surface area contributed by atoms with Gasteiger partial charge in [-0.3, -0.25) is 0 Å². The first-order valence-electron chi connectivity index (χ1n) is 6.82. The molecule has 0 amide bonds. The Morgan fingerprint density at radius 3 is 2.43 bits per heavy atom. The number of fused-ring (bicyclic) bond motifs is 1. The molecule has 0 aliphatic heterocycles. The van der Waals surface area contributed by atoms with Crippen molar-refractivity contribution in [1.82, 2.24) is 0 Å². The monoisotopic (exact) mass is 354 g/mol. The molecule has 21 heavy (non-hydrogen) atoms. The van der Waals surface area contributed by atoms with Crippen LogP contribution in [0.5, 0.6) is 0 Å². The maximum atomic E-state index is 3.47. The van der Waals surface area contributed by atoms with Crippen molar-refractivity contribution >= 4 is 44.5 Å². The zero-order chi connectivity index (χ0) is 14.7. The van der Waals surface area contributed by atoms with Gasteiger partial charge in [-0.15, -0.1) is 0 Å². The summed E-state index contributed by atoms with van der Waals surface area (Å²) in [6.45, 7) is 2.16. The summed E-state index contributed by atoms with van der Waals surface area (Å²) in [5, 5.41) is 2.60. The lowest BCUT2D eigenvalue weighted by atomic mass is 10.1. The fourth-order valence-electron chi connectivity index (χ4n) is 2.28. The minimum absolute atomic E-state index is 1.11. The van der Waals surface area contributed by atoms with E-state index in [1.807, 2.05) is 11.8 Å². The van der Waals surface area contributed by atoms with Gasteiger partial charge < -0.3 is 0 Å². The number of hydrogen-bond acceptors (Lipinski definition) is 1. The first kappa shape index (κ1) is 14.4. The first-order chi connectivity index (χ1) is 10.2. The van der Waals surface area contributed by atoms with E-state index in [1.54, 1.807) is 0 Å². The summed E-state index contributed by atoms with van der Waals surface area (Å²) in [6.07, 6.45) is 2.22. The Morgan fingerprint density at radius 1 is 0.905 bits per heavy atom. The Kier molecular flexibility index (Phi) is 4.47. The van der Waals surface area contributed by atoms with E-state index in [0.29, 0.717) is 0 Å². The molecule has 3 aromatic rings. The van der Waals surface area contributed by atoms with Crippen molar-refractivity contribution in [3.8, 4) is 0 Å². The normalized spacial score (nSPS) is 11.8. The average Bonchev–Trinajstić information content (AvgIpc) is 2.50. The zero-order valence-corrected chi connectivity index (χ0v) is 14.1.